The van der Waals surface area contributed by atoms with Crippen LogP contribution in [0.5, 0.6) is 0 Å². The van der Waals surface area contributed by atoms with Crippen LogP contribution in [0.3, 0.4) is 0 Å². The lowest BCUT2D eigenvalue weighted by Gasteiger charge is -2.37. The molecule has 0 aromatic heterocycles. The molecule has 0 atom stereocenters. The van der Waals surface area contributed by atoms with Gasteiger partial charge < -0.3 is 0 Å². The van der Waals surface area contributed by atoms with E-state index in [2.05, 4.69) is 0 Å². The van der Waals surface area contributed by atoms with E-state index in [4.69, 9.17) is 0 Å². The van der Waals surface area contributed by atoms with E-state index in [9.17, 15) is 16.8 Å². The third-order valence-electron chi connectivity index (χ3n) is 3.93. The van der Waals surface area contributed by atoms with Crippen LogP contribution in [0.4, 0.5) is 0 Å². The molecular weight excluding hydrogens is 310 g/mol. The van der Waals surface area contributed by atoms with Crippen molar-refractivity contribution in [2.24, 2.45) is 0 Å². The molecule has 0 N–H and O–H groups in total. The molecule has 0 amide bonds. The summed E-state index contributed by atoms with van der Waals surface area (Å²) in [6.45, 7) is 7.17. The van der Waals surface area contributed by atoms with Crippen LogP contribution < -0.4 is 0 Å². The summed E-state index contributed by atoms with van der Waals surface area (Å²) in [6.07, 6.45) is 0. The minimum Gasteiger partial charge on any atom is -0.228 e. The van der Waals surface area contributed by atoms with E-state index in [1.807, 2.05) is 19.1 Å². The highest BCUT2D eigenvalue weighted by molar-refractivity contribution is 7.92. The molecular formula is C14H21NO4S2. The Morgan fingerprint density at radius 2 is 1.52 bits per heavy atom. The molecule has 118 valence electrons. The van der Waals surface area contributed by atoms with Crippen molar-refractivity contribution in [1.82, 2.24) is 4.31 Å². The van der Waals surface area contributed by atoms with Crippen LogP contribution in [-0.2, 0) is 19.9 Å². The molecule has 0 bridgehead atoms. The summed E-state index contributed by atoms with van der Waals surface area (Å²) in [5.41, 5.74) is 2.42. The van der Waals surface area contributed by atoms with Gasteiger partial charge in [0.05, 0.1) is 10.1 Å². The summed E-state index contributed by atoms with van der Waals surface area (Å²) < 4.78 is 50.1. The Kier molecular flexibility index (Phi) is 4.21. The summed E-state index contributed by atoms with van der Waals surface area (Å²) in [4.78, 5) is 0.306. The van der Waals surface area contributed by atoms with Gasteiger partial charge in [-0.1, -0.05) is 24.6 Å². The molecule has 0 saturated carbocycles. The Labute approximate surface area is 126 Å². The van der Waals surface area contributed by atoms with Crippen molar-refractivity contribution in [3.8, 4) is 0 Å². The Morgan fingerprint density at radius 1 is 1.05 bits per heavy atom. The van der Waals surface area contributed by atoms with Gasteiger partial charge in [-0.25, -0.2) is 16.8 Å². The van der Waals surface area contributed by atoms with Crippen molar-refractivity contribution < 1.29 is 16.8 Å². The quantitative estimate of drug-likeness (QED) is 0.836. The minimum absolute atomic E-state index is 0.0497. The van der Waals surface area contributed by atoms with Gasteiger partial charge in [-0.2, -0.15) is 4.31 Å². The highest BCUT2D eigenvalue weighted by Crippen LogP contribution is 2.30. The van der Waals surface area contributed by atoms with Gasteiger partial charge in [0, 0.05) is 18.8 Å². The highest BCUT2D eigenvalue weighted by atomic mass is 32.2. The summed E-state index contributed by atoms with van der Waals surface area (Å²) >= 11 is 0. The highest BCUT2D eigenvalue weighted by Gasteiger charge is 2.43. The van der Waals surface area contributed by atoms with Gasteiger partial charge in [0.25, 0.3) is 0 Å². The standard InChI is InChI=1S/C14H21NO4S2/c1-5-20(16,17)13-8-15(9-13)21(18,19)14-11(3)6-10(2)7-12(14)4/h6-7,13H,5,8-9H2,1-4H3. The van der Waals surface area contributed by atoms with Crippen LogP contribution in [0.25, 0.3) is 0 Å². The zero-order valence-electron chi connectivity index (χ0n) is 12.8. The van der Waals surface area contributed by atoms with Crippen LogP contribution in [0.15, 0.2) is 17.0 Å². The number of nitrogens with zero attached hydrogens (tertiary/aromatic N) is 1. The lowest BCUT2D eigenvalue weighted by atomic mass is 10.1. The monoisotopic (exact) mass is 331 g/mol. The molecule has 0 unspecified atom stereocenters. The van der Waals surface area contributed by atoms with Gasteiger partial charge in [0.1, 0.15) is 0 Å². The summed E-state index contributed by atoms with van der Waals surface area (Å²) in [5.74, 6) is 0.0497. The second-order valence-corrected chi connectivity index (χ2v) is 10.1. The number of aryl methyl sites for hydroxylation is 3. The van der Waals surface area contributed by atoms with Crippen molar-refractivity contribution in [2.75, 3.05) is 18.8 Å². The fourth-order valence-electron chi connectivity index (χ4n) is 2.76. The molecule has 7 heteroatoms. The smallest absolute Gasteiger partial charge is 0.228 e. The number of sulfone groups is 1. The van der Waals surface area contributed by atoms with E-state index in [-0.39, 0.29) is 18.8 Å². The Morgan fingerprint density at radius 3 is 1.95 bits per heavy atom. The molecule has 1 heterocycles. The Hall–Kier alpha value is -0.920. The molecule has 1 saturated heterocycles. The van der Waals surface area contributed by atoms with E-state index >= 15 is 0 Å². The van der Waals surface area contributed by atoms with E-state index in [1.165, 1.54) is 4.31 Å². The van der Waals surface area contributed by atoms with Crippen molar-refractivity contribution in [3.63, 3.8) is 0 Å². The third kappa shape index (κ3) is 2.86. The molecule has 1 aliphatic rings. The van der Waals surface area contributed by atoms with E-state index < -0.39 is 25.1 Å². The number of rotatable bonds is 4. The second-order valence-electron chi connectivity index (χ2n) is 5.62. The van der Waals surface area contributed by atoms with Crippen LogP contribution >= 0.6 is 0 Å². The number of benzene rings is 1. The summed E-state index contributed by atoms with van der Waals surface area (Å²) in [6, 6.07) is 3.67. The van der Waals surface area contributed by atoms with Gasteiger partial charge in [-0.05, 0) is 31.9 Å². The average molecular weight is 331 g/mol. The van der Waals surface area contributed by atoms with Crippen molar-refractivity contribution >= 4 is 19.9 Å². The first-order valence-electron chi connectivity index (χ1n) is 6.89. The van der Waals surface area contributed by atoms with E-state index in [0.717, 1.165) is 5.56 Å². The first kappa shape index (κ1) is 16.5. The molecule has 0 spiro atoms. The maximum atomic E-state index is 12.7. The molecule has 0 radical (unpaired) electrons. The molecule has 1 aromatic carbocycles. The third-order valence-corrected chi connectivity index (χ3v) is 8.18. The molecule has 1 aliphatic heterocycles. The summed E-state index contributed by atoms with van der Waals surface area (Å²) in [5, 5.41) is -0.566. The van der Waals surface area contributed by atoms with Gasteiger partial charge in [-0.3, -0.25) is 0 Å². The summed E-state index contributed by atoms with van der Waals surface area (Å²) in [7, 11) is -6.78. The van der Waals surface area contributed by atoms with Crippen molar-refractivity contribution in [3.05, 3.63) is 28.8 Å². The number of sulfonamides is 1. The predicted octanol–water partition coefficient (Wildman–Crippen LogP) is 1.42. The molecule has 5 nitrogen and oxygen atoms in total. The van der Waals surface area contributed by atoms with Gasteiger partial charge in [0.15, 0.2) is 9.84 Å². The first-order chi connectivity index (χ1) is 9.59. The van der Waals surface area contributed by atoms with E-state index in [1.54, 1.807) is 20.8 Å². The largest absolute Gasteiger partial charge is 0.243 e. The fraction of sp³-hybridized carbons (Fsp3) is 0.571. The van der Waals surface area contributed by atoms with Crippen LogP contribution in [0.2, 0.25) is 0 Å². The first-order valence-corrected chi connectivity index (χ1v) is 10.0. The number of hydrogen-bond donors (Lipinski definition) is 0. The fourth-order valence-corrected chi connectivity index (χ4v) is 6.18. The lowest BCUT2D eigenvalue weighted by molar-refractivity contribution is 0.309. The Balaban J connectivity index is 2.31. The molecule has 1 fully saturated rings. The van der Waals surface area contributed by atoms with Crippen LogP contribution in [-0.4, -0.2) is 45.2 Å². The Bertz CT molecular complexity index is 737. The van der Waals surface area contributed by atoms with Crippen LogP contribution in [0.1, 0.15) is 23.6 Å². The lowest BCUT2D eigenvalue weighted by Crippen LogP contribution is -2.57. The maximum absolute atomic E-state index is 12.7. The van der Waals surface area contributed by atoms with Crippen molar-refractivity contribution in [2.45, 2.75) is 37.8 Å². The molecule has 0 aliphatic carbocycles. The van der Waals surface area contributed by atoms with Gasteiger partial charge >= 0.3 is 0 Å². The SMILES string of the molecule is CCS(=O)(=O)C1CN(S(=O)(=O)c2c(C)cc(C)cc2C)C1. The van der Waals surface area contributed by atoms with Crippen LogP contribution in [0, 0.1) is 20.8 Å². The maximum Gasteiger partial charge on any atom is 0.243 e. The molecule has 2 rings (SSSR count). The minimum atomic E-state index is -3.61. The number of hydrogen-bond acceptors (Lipinski definition) is 4. The van der Waals surface area contributed by atoms with Gasteiger partial charge in [0.2, 0.25) is 10.0 Å². The molecule has 1 aromatic rings. The molecule has 21 heavy (non-hydrogen) atoms. The van der Waals surface area contributed by atoms with Gasteiger partial charge in [-0.15, -0.1) is 0 Å². The topological polar surface area (TPSA) is 71.5 Å². The van der Waals surface area contributed by atoms with E-state index in [0.29, 0.717) is 16.0 Å². The zero-order chi connectivity index (χ0) is 16.0. The predicted molar refractivity (Wildman–Crippen MR) is 82.7 cm³/mol. The van der Waals surface area contributed by atoms with Crippen molar-refractivity contribution in [1.29, 1.82) is 0 Å². The zero-order valence-corrected chi connectivity index (χ0v) is 14.4. The normalized spacial score (nSPS) is 17.7. The second kappa shape index (κ2) is 5.37. The average Bonchev–Trinajstić information content (AvgIpc) is 2.23.